The fourth-order valence-electron chi connectivity index (χ4n) is 1.67. The number of benzene rings is 1. The highest BCUT2D eigenvalue weighted by atomic mass is 79.9. The molecule has 94 valence electrons. The Morgan fingerprint density at radius 1 is 1.22 bits per heavy atom. The Balaban J connectivity index is 2.28. The highest BCUT2D eigenvalue weighted by molar-refractivity contribution is 9.10. The first-order valence-electron chi connectivity index (χ1n) is 5.59. The minimum atomic E-state index is 0.0369. The van der Waals surface area contributed by atoms with Crippen LogP contribution in [0.1, 0.15) is 20.1 Å². The molecule has 1 aromatic heterocycles. The van der Waals surface area contributed by atoms with E-state index in [2.05, 4.69) is 15.9 Å². The van der Waals surface area contributed by atoms with Crippen molar-refractivity contribution >= 4 is 38.9 Å². The minimum absolute atomic E-state index is 0.0369. The van der Waals surface area contributed by atoms with E-state index in [1.165, 1.54) is 11.3 Å². The standard InChI is InChI=1S/C14H14BrNOS/c1-9-8-11(5-6-12(9)15)16(3)14(17)13-7-4-10(2)18-13/h4-8H,1-3H3. The maximum Gasteiger partial charge on any atom is 0.268 e. The van der Waals surface area contributed by atoms with E-state index in [9.17, 15) is 4.79 Å². The third-order valence-corrected chi connectivity index (χ3v) is 4.66. The summed E-state index contributed by atoms with van der Waals surface area (Å²) in [5.74, 6) is 0.0369. The van der Waals surface area contributed by atoms with Crippen LogP contribution >= 0.6 is 27.3 Å². The van der Waals surface area contributed by atoms with Crippen molar-refractivity contribution in [3.05, 3.63) is 50.1 Å². The first kappa shape index (κ1) is 13.3. The van der Waals surface area contributed by atoms with Crippen LogP contribution in [0, 0.1) is 13.8 Å². The Morgan fingerprint density at radius 3 is 2.50 bits per heavy atom. The zero-order chi connectivity index (χ0) is 13.3. The van der Waals surface area contributed by atoms with Crippen molar-refractivity contribution in [3.63, 3.8) is 0 Å². The molecule has 0 N–H and O–H groups in total. The molecule has 0 atom stereocenters. The fourth-order valence-corrected chi connectivity index (χ4v) is 2.76. The number of halogens is 1. The maximum absolute atomic E-state index is 12.3. The van der Waals surface area contributed by atoms with Crippen molar-refractivity contribution in [3.8, 4) is 0 Å². The molecule has 0 radical (unpaired) electrons. The van der Waals surface area contributed by atoms with Crippen molar-refractivity contribution in [2.45, 2.75) is 13.8 Å². The minimum Gasteiger partial charge on any atom is -0.311 e. The smallest absolute Gasteiger partial charge is 0.268 e. The van der Waals surface area contributed by atoms with Gasteiger partial charge in [-0.05, 0) is 49.7 Å². The molecule has 2 rings (SSSR count). The molecule has 18 heavy (non-hydrogen) atoms. The van der Waals surface area contributed by atoms with E-state index in [-0.39, 0.29) is 5.91 Å². The summed E-state index contributed by atoms with van der Waals surface area (Å²) >= 11 is 4.99. The highest BCUT2D eigenvalue weighted by Gasteiger charge is 2.15. The lowest BCUT2D eigenvalue weighted by Gasteiger charge is -2.17. The molecular formula is C14H14BrNOS. The van der Waals surface area contributed by atoms with Gasteiger partial charge in [-0.25, -0.2) is 0 Å². The average molecular weight is 324 g/mol. The van der Waals surface area contributed by atoms with Crippen molar-refractivity contribution in [2.24, 2.45) is 0 Å². The van der Waals surface area contributed by atoms with Crippen LogP contribution in [0.25, 0.3) is 0 Å². The number of carbonyl (C=O) groups is 1. The summed E-state index contributed by atoms with van der Waals surface area (Å²) in [7, 11) is 1.81. The van der Waals surface area contributed by atoms with E-state index >= 15 is 0 Å². The molecule has 2 aromatic rings. The van der Waals surface area contributed by atoms with Crippen LogP contribution < -0.4 is 4.90 Å². The zero-order valence-corrected chi connectivity index (χ0v) is 12.9. The number of amides is 1. The molecule has 0 aliphatic heterocycles. The number of carbonyl (C=O) groups excluding carboxylic acids is 1. The lowest BCUT2D eigenvalue weighted by molar-refractivity contribution is 0.0997. The maximum atomic E-state index is 12.3. The quantitative estimate of drug-likeness (QED) is 0.801. The summed E-state index contributed by atoms with van der Waals surface area (Å²) in [5, 5.41) is 0. The van der Waals surface area contributed by atoms with Crippen LogP contribution in [-0.4, -0.2) is 13.0 Å². The van der Waals surface area contributed by atoms with Crippen molar-refractivity contribution in [2.75, 3.05) is 11.9 Å². The van der Waals surface area contributed by atoms with Gasteiger partial charge in [-0.3, -0.25) is 4.79 Å². The van der Waals surface area contributed by atoms with Crippen LogP contribution in [0.5, 0.6) is 0 Å². The normalized spacial score (nSPS) is 10.4. The van der Waals surface area contributed by atoms with Crippen molar-refractivity contribution < 1.29 is 4.79 Å². The molecule has 0 aliphatic rings. The lowest BCUT2D eigenvalue weighted by atomic mass is 10.2. The van der Waals surface area contributed by atoms with Crippen LogP contribution in [0.2, 0.25) is 0 Å². The predicted octanol–water partition coefficient (Wildman–Crippen LogP) is 4.40. The van der Waals surface area contributed by atoms with E-state index < -0.39 is 0 Å². The summed E-state index contributed by atoms with van der Waals surface area (Å²) in [4.78, 5) is 15.9. The van der Waals surface area contributed by atoms with E-state index in [4.69, 9.17) is 0 Å². The summed E-state index contributed by atoms with van der Waals surface area (Å²) in [6, 6.07) is 9.76. The lowest BCUT2D eigenvalue weighted by Crippen LogP contribution is -2.25. The van der Waals surface area contributed by atoms with E-state index in [1.807, 2.05) is 44.2 Å². The number of anilines is 1. The van der Waals surface area contributed by atoms with Crippen LogP contribution in [-0.2, 0) is 0 Å². The predicted molar refractivity (Wildman–Crippen MR) is 80.7 cm³/mol. The van der Waals surface area contributed by atoms with Crippen LogP contribution in [0.3, 0.4) is 0 Å². The third kappa shape index (κ3) is 2.65. The molecule has 1 amide bonds. The molecule has 4 heteroatoms. The Bertz CT molecular complexity index is 591. The zero-order valence-electron chi connectivity index (χ0n) is 10.5. The fraction of sp³-hybridized carbons (Fsp3) is 0.214. The summed E-state index contributed by atoms with van der Waals surface area (Å²) in [6.45, 7) is 4.02. The van der Waals surface area contributed by atoms with Gasteiger partial charge in [-0.2, -0.15) is 0 Å². The second kappa shape index (κ2) is 5.24. The second-order valence-electron chi connectivity index (χ2n) is 4.21. The molecular weight excluding hydrogens is 310 g/mol. The van der Waals surface area contributed by atoms with Gasteiger partial charge in [0.2, 0.25) is 0 Å². The molecule has 0 unspecified atom stereocenters. The summed E-state index contributed by atoms with van der Waals surface area (Å²) in [6.07, 6.45) is 0. The first-order valence-corrected chi connectivity index (χ1v) is 7.20. The van der Waals surface area contributed by atoms with Crippen molar-refractivity contribution in [1.29, 1.82) is 0 Å². The largest absolute Gasteiger partial charge is 0.311 e. The number of hydrogen-bond acceptors (Lipinski definition) is 2. The van der Waals surface area contributed by atoms with Gasteiger partial charge in [0.15, 0.2) is 0 Å². The summed E-state index contributed by atoms with van der Waals surface area (Å²) in [5.41, 5.74) is 2.03. The number of nitrogens with zero attached hydrogens (tertiary/aromatic N) is 1. The van der Waals surface area contributed by atoms with Gasteiger partial charge in [-0.15, -0.1) is 11.3 Å². The second-order valence-corrected chi connectivity index (χ2v) is 6.35. The molecule has 0 saturated carbocycles. The van der Waals surface area contributed by atoms with Gasteiger partial charge < -0.3 is 4.90 Å². The molecule has 0 bridgehead atoms. The number of thiophene rings is 1. The Kier molecular flexibility index (Phi) is 3.88. The van der Waals surface area contributed by atoms with Crippen molar-refractivity contribution in [1.82, 2.24) is 0 Å². The first-order chi connectivity index (χ1) is 8.49. The van der Waals surface area contributed by atoms with Gasteiger partial charge in [0.25, 0.3) is 5.91 Å². The Hall–Kier alpha value is -1.13. The van der Waals surface area contributed by atoms with Gasteiger partial charge in [0.05, 0.1) is 4.88 Å². The number of rotatable bonds is 2. The number of aryl methyl sites for hydroxylation is 2. The Morgan fingerprint density at radius 2 is 1.94 bits per heavy atom. The van der Waals surface area contributed by atoms with Crippen LogP contribution in [0.4, 0.5) is 5.69 Å². The van der Waals surface area contributed by atoms with Gasteiger partial charge in [-0.1, -0.05) is 15.9 Å². The molecule has 2 nitrogen and oxygen atoms in total. The van der Waals surface area contributed by atoms with Gasteiger partial charge in [0.1, 0.15) is 0 Å². The topological polar surface area (TPSA) is 20.3 Å². The van der Waals surface area contributed by atoms with E-state index in [0.717, 1.165) is 25.5 Å². The van der Waals surface area contributed by atoms with E-state index in [0.29, 0.717) is 0 Å². The SMILES string of the molecule is Cc1ccc(C(=O)N(C)c2ccc(Br)c(C)c2)s1. The molecule has 0 fully saturated rings. The van der Waals surface area contributed by atoms with Gasteiger partial charge in [0, 0.05) is 22.1 Å². The summed E-state index contributed by atoms with van der Waals surface area (Å²) < 4.78 is 1.05. The van der Waals surface area contributed by atoms with Gasteiger partial charge >= 0.3 is 0 Å². The molecule has 0 saturated heterocycles. The molecule has 0 aliphatic carbocycles. The van der Waals surface area contributed by atoms with Crippen LogP contribution in [0.15, 0.2) is 34.8 Å². The highest BCUT2D eigenvalue weighted by Crippen LogP contribution is 2.24. The number of hydrogen-bond donors (Lipinski definition) is 0. The average Bonchev–Trinajstić information content (AvgIpc) is 2.77. The van der Waals surface area contributed by atoms with E-state index in [1.54, 1.807) is 11.9 Å². The third-order valence-electron chi connectivity index (χ3n) is 2.78. The molecule has 0 spiro atoms. The Labute approximate surface area is 119 Å². The molecule has 1 aromatic carbocycles. The molecule has 1 heterocycles. The monoisotopic (exact) mass is 323 g/mol.